The summed E-state index contributed by atoms with van der Waals surface area (Å²) in [5.41, 5.74) is 2.87. The highest BCUT2D eigenvalue weighted by molar-refractivity contribution is 8.02. The fourth-order valence-corrected chi connectivity index (χ4v) is 3.48. The zero-order valence-electron chi connectivity index (χ0n) is 14.6. The van der Waals surface area contributed by atoms with Gasteiger partial charge in [0.05, 0.1) is 12.7 Å². The number of benzene rings is 2. The van der Waals surface area contributed by atoms with Gasteiger partial charge in [-0.25, -0.2) is 4.79 Å². The lowest BCUT2D eigenvalue weighted by Gasteiger charge is -2.17. The zero-order valence-corrected chi connectivity index (χ0v) is 15.5. The third kappa shape index (κ3) is 5.21. The van der Waals surface area contributed by atoms with Gasteiger partial charge >= 0.3 is 5.97 Å². The first kappa shape index (κ1) is 19.3. The van der Waals surface area contributed by atoms with Crippen molar-refractivity contribution >= 4 is 17.7 Å². The van der Waals surface area contributed by atoms with Gasteiger partial charge in [0.25, 0.3) is 0 Å². The number of unbranched alkanes of at least 4 members (excludes halogenated alkanes) is 1. The average Bonchev–Trinajstić information content (AvgIpc) is 2.67. The van der Waals surface area contributed by atoms with Crippen LogP contribution in [0.15, 0.2) is 65.6 Å². The summed E-state index contributed by atoms with van der Waals surface area (Å²) in [7, 11) is 1.34. The molecule has 0 amide bonds. The second-order valence-corrected chi connectivity index (χ2v) is 6.62. The van der Waals surface area contributed by atoms with Crippen LogP contribution in [0.1, 0.15) is 31.4 Å². The van der Waals surface area contributed by atoms with E-state index in [1.54, 1.807) is 5.41 Å². The maximum atomic E-state index is 12.2. The Morgan fingerprint density at radius 1 is 1.16 bits per heavy atom. The number of methoxy groups -OCH3 is 1. The molecule has 25 heavy (non-hydrogen) atoms. The van der Waals surface area contributed by atoms with Gasteiger partial charge in [-0.05, 0) is 34.3 Å². The van der Waals surface area contributed by atoms with Crippen LogP contribution in [0.25, 0.3) is 11.1 Å². The van der Waals surface area contributed by atoms with Gasteiger partial charge < -0.3 is 9.84 Å². The fourth-order valence-electron chi connectivity index (χ4n) is 2.50. The molecule has 2 rings (SSSR count). The van der Waals surface area contributed by atoms with Gasteiger partial charge in [-0.2, -0.15) is 0 Å². The quantitative estimate of drug-likeness (QED) is 0.412. The molecular formula is C21H24O3S. The summed E-state index contributed by atoms with van der Waals surface area (Å²) < 4.78 is 4.88. The molecule has 0 aliphatic rings. The number of ether oxygens (including phenoxy) is 1. The number of hydrogen-bond acceptors (Lipinski definition) is 4. The molecule has 0 aliphatic carbocycles. The highest BCUT2D eigenvalue weighted by atomic mass is 32.2. The smallest absolute Gasteiger partial charge is 0.337 e. The molecule has 0 aromatic heterocycles. The molecule has 0 aliphatic heterocycles. The van der Waals surface area contributed by atoms with Crippen LogP contribution in [0.3, 0.4) is 0 Å². The minimum absolute atomic E-state index is 0.270. The van der Waals surface area contributed by atoms with E-state index in [0.717, 1.165) is 29.7 Å². The van der Waals surface area contributed by atoms with Crippen LogP contribution in [0.5, 0.6) is 0 Å². The topological polar surface area (TPSA) is 46.5 Å². The van der Waals surface area contributed by atoms with Gasteiger partial charge in [-0.15, -0.1) is 11.8 Å². The van der Waals surface area contributed by atoms with E-state index in [-0.39, 0.29) is 5.57 Å². The van der Waals surface area contributed by atoms with Crippen molar-refractivity contribution in [2.45, 2.75) is 25.9 Å². The maximum Gasteiger partial charge on any atom is 0.337 e. The van der Waals surface area contributed by atoms with E-state index in [1.807, 2.05) is 54.6 Å². The molecule has 0 saturated heterocycles. The highest BCUT2D eigenvalue weighted by Crippen LogP contribution is 2.33. The summed E-state index contributed by atoms with van der Waals surface area (Å²) in [6.45, 7) is 2.12. The van der Waals surface area contributed by atoms with Crippen LogP contribution in [0, 0.1) is 0 Å². The number of carbonyl (C=O) groups is 1. The van der Waals surface area contributed by atoms with E-state index in [4.69, 9.17) is 4.74 Å². The second kappa shape index (κ2) is 10.1. The van der Waals surface area contributed by atoms with Crippen molar-refractivity contribution in [1.82, 2.24) is 0 Å². The lowest BCUT2D eigenvalue weighted by atomic mass is 9.93. The van der Waals surface area contributed by atoms with Gasteiger partial charge in [0.2, 0.25) is 0 Å². The van der Waals surface area contributed by atoms with Gasteiger partial charge in [0.1, 0.15) is 6.10 Å². The molecule has 132 valence electrons. The predicted octanol–water partition coefficient (Wildman–Crippen LogP) is 4.98. The van der Waals surface area contributed by atoms with Crippen LogP contribution in [0.4, 0.5) is 0 Å². The van der Waals surface area contributed by atoms with Crippen LogP contribution in [-0.4, -0.2) is 23.9 Å². The Balaban J connectivity index is 2.36. The molecule has 0 spiro atoms. The van der Waals surface area contributed by atoms with Crippen molar-refractivity contribution in [3.05, 3.63) is 71.1 Å². The molecule has 1 atom stereocenters. The molecule has 0 heterocycles. The summed E-state index contributed by atoms with van der Waals surface area (Å²) >= 11 is 1.53. The van der Waals surface area contributed by atoms with Gasteiger partial charge in [-0.3, -0.25) is 0 Å². The first-order valence-electron chi connectivity index (χ1n) is 8.41. The van der Waals surface area contributed by atoms with Crippen molar-refractivity contribution in [1.29, 1.82) is 0 Å². The Morgan fingerprint density at radius 3 is 2.52 bits per heavy atom. The van der Waals surface area contributed by atoms with Crippen molar-refractivity contribution < 1.29 is 14.6 Å². The molecule has 3 nitrogen and oxygen atoms in total. The molecule has 0 bridgehead atoms. The number of thioether (sulfide) groups is 1. The number of rotatable bonds is 8. The van der Waals surface area contributed by atoms with E-state index in [0.29, 0.717) is 5.56 Å². The Labute approximate surface area is 153 Å². The first-order valence-corrected chi connectivity index (χ1v) is 9.46. The van der Waals surface area contributed by atoms with Gasteiger partial charge in [-0.1, -0.05) is 67.9 Å². The second-order valence-electron chi connectivity index (χ2n) is 5.64. The normalized spacial score (nSPS) is 12.7. The van der Waals surface area contributed by atoms with Crippen molar-refractivity contribution in [3.8, 4) is 11.1 Å². The SMILES string of the molecule is CCCCS/C=C(\C(=O)OC)C(O)c1ccccc1-c1ccccc1. The van der Waals surface area contributed by atoms with E-state index in [1.165, 1.54) is 18.9 Å². The fraction of sp³-hybridized carbons (Fsp3) is 0.286. The van der Waals surface area contributed by atoms with Crippen molar-refractivity contribution in [2.24, 2.45) is 0 Å². The summed E-state index contributed by atoms with van der Waals surface area (Å²) in [5, 5.41) is 12.6. The number of hydrogen-bond donors (Lipinski definition) is 1. The lowest BCUT2D eigenvalue weighted by molar-refractivity contribution is -0.137. The Hall–Kier alpha value is -2.04. The monoisotopic (exact) mass is 356 g/mol. The van der Waals surface area contributed by atoms with Crippen molar-refractivity contribution in [2.75, 3.05) is 12.9 Å². The van der Waals surface area contributed by atoms with E-state index >= 15 is 0 Å². The third-order valence-electron chi connectivity index (χ3n) is 3.88. The lowest BCUT2D eigenvalue weighted by Crippen LogP contribution is -2.13. The Bertz CT molecular complexity index is 710. The van der Waals surface area contributed by atoms with Crippen LogP contribution >= 0.6 is 11.8 Å². The van der Waals surface area contributed by atoms with Gasteiger partial charge in [0.15, 0.2) is 0 Å². The largest absolute Gasteiger partial charge is 0.466 e. The molecule has 0 fully saturated rings. The molecule has 2 aromatic carbocycles. The van der Waals surface area contributed by atoms with Gasteiger partial charge in [0, 0.05) is 0 Å². The summed E-state index contributed by atoms with van der Waals surface area (Å²) in [6.07, 6.45) is 1.12. The number of aliphatic hydroxyl groups excluding tert-OH is 1. The summed E-state index contributed by atoms with van der Waals surface area (Å²) in [5.74, 6) is 0.406. The Kier molecular flexibility index (Phi) is 7.76. The number of aliphatic hydroxyl groups is 1. The minimum Gasteiger partial charge on any atom is -0.466 e. The molecule has 1 unspecified atom stereocenters. The molecular weight excluding hydrogens is 332 g/mol. The number of carbonyl (C=O) groups excluding carboxylic acids is 1. The summed E-state index contributed by atoms with van der Waals surface area (Å²) in [4.78, 5) is 12.2. The zero-order chi connectivity index (χ0) is 18.1. The van der Waals surface area contributed by atoms with Crippen molar-refractivity contribution in [3.63, 3.8) is 0 Å². The average molecular weight is 356 g/mol. The predicted molar refractivity (Wildman–Crippen MR) is 104 cm³/mol. The standard InChI is InChI=1S/C21H24O3S/c1-3-4-14-25-15-19(21(23)24-2)20(22)18-13-9-8-12-17(18)16-10-6-5-7-11-16/h5-13,15,20,22H,3-4,14H2,1-2H3/b19-15-. The first-order chi connectivity index (χ1) is 12.2. The van der Waals surface area contributed by atoms with E-state index < -0.39 is 12.1 Å². The maximum absolute atomic E-state index is 12.2. The molecule has 1 N–H and O–H groups in total. The molecule has 0 saturated carbocycles. The molecule has 2 aromatic rings. The van der Waals surface area contributed by atoms with E-state index in [9.17, 15) is 9.90 Å². The van der Waals surface area contributed by atoms with Crippen LogP contribution < -0.4 is 0 Å². The van der Waals surface area contributed by atoms with Crippen LogP contribution in [-0.2, 0) is 9.53 Å². The Morgan fingerprint density at radius 2 is 1.84 bits per heavy atom. The summed E-state index contributed by atoms with van der Waals surface area (Å²) in [6, 6.07) is 17.4. The third-order valence-corrected chi connectivity index (χ3v) is 4.83. The highest BCUT2D eigenvalue weighted by Gasteiger charge is 2.23. The minimum atomic E-state index is -1.03. The molecule has 0 radical (unpaired) electrons. The molecule has 4 heteroatoms. The van der Waals surface area contributed by atoms with E-state index in [2.05, 4.69) is 6.92 Å². The van der Waals surface area contributed by atoms with Crippen LogP contribution in [0.2, 0.25) is 0 Å². The number of esters is 1.